The van der Waals surface area contributed by atoms with E-state index < -0.39 is 5.54 Å². The third kappa shape index (κ3) is 3.46. The predicted octanol–water partition coefficient (Wildman–Crippen LogP) is 1.62. The van der Waals surface area contributed by atoms with Crippen LogP contribution in [0.15, 0.2) is 0 Å². The Labute approximate surface area is 97.5 Å². The summed E-state index contributed by atoms with van der Waals surface area (Å²) in [6, 6.07) is 0. The highest BCUT2D eigenvalue weighted by Crippen LogP contribution is 2.30. The number of ether oxygens (including phenoxy) is 2. The number of hydrogen-bond acceptors (Lipinski definition) is 4. The van der Waals surface area contributed by atoms with E-state index in [2.05, 4.69) is 6.92 Å². The van der Waals surface area contributed by atoms with Crippen LogP contribution in [-0.2, 0) is 14.3 Å². The van der Waals surface area contributed by atoms with Gasteiger partial charge < -0.3 is 15.2 Å². The lowest BCUT2D eigenvalue weighted by atomic mass is 10.00. The Kier molecular flexibility index (Phi) is 5.22. The molecule has 0 heterocycles. The van der Waals surface area contributed by atoms with Crippen LogP contribution in [0, 0.1) is 0 Å². The second kappa shape index (κ2) is 6.21. The molecule has 0 aromatic heterocycles. The fourth-order valence-corrected chi connectivity index (χ4v) is 2.16. The number of esters is 1. The average Bonchev–Trinajstić information content (AvgIpc) is 2.67. The molecule has 2 atom stereocenters. The van der Waals surface area contributed by atoms with Gasteiger partial charge in [0.25, 0.3) is 0 Å². The van der Waals surface area contributed by atoms with Gasteiger partial charge in [0.05, 0.1) is 13.2 Å². The van der Waals surface area contributed by atoms with Crippen molar-refractivity contribution in [1.82, 2.24) is 0 Å². The molecule has 0 amide bonds. The van der Waals surface area contributed by atoms with Crippen LogP contribution < -0.4 is 5.73 Å². The molecule has 0 saturated heterocycles. The molecule has 0 bridgehead atoms. The highest BCUT2D eigenvalue weighted by atomic mass is 16.5. The van der Waals surface area contributed by atoms with Crippen molar-refractivity contribution in [3.63, 3.8) is 0 Å². The number of nitrogens with two attached hydrogens (primary N) is 1. The fourth-order valence-electron chi connectivity index (χ4n) is 2.16. The predicted molar refractivity (Wildman–Crippen MR) is 62.1 cm³/mol. The van der Waals surface area contributed by atoms with Crippen LogP contribution in [0.1, 0.15) is 45.4 Å². The first-order chi connectivity index (χ1) is 7.62. The molecule has 1 aliphatic rings. The zero-order valence-electron chi connectivity index (χ0n) is 10.3. The van der Waals surface area contributed by atoms with Crippen LogP contribution in [0.4, 0.5) is 0 Å². The smallest absolute Gasteiger partial charge is 0.325 e. The van der Waals surface area contributed by atoms with E-state index in [9.17, 15) is 4.79 Å². The van der Waals surface area contributed by atoms with E-state index in [1.54, 1.807) is 0 Å². The molecule has 1 fully saturated rings. The van der Waals surface area contributed by atoms with Gasteiger partial charge in [0.1, 0.15) is 5.54 Å². The molecule has 2 unspecified atom stereocenters. The lowest BCUT2D eigenvalue weighted by Gasteiger charge is -2.20. The van der Waals surface area contributed by atoms with Gasteiger partial charge in [0.15, 0.2) is 0 Å². The second-order valence-corrected chi connectivity index (χ2v) is 4.59. The van der Waals surface area contributed by atoms with Gasteiger partial charge >= 0.3 is 5.97 Å². The molecule has 0 aromatic carbocycles. The Bertz CT molecular complexity index is 232. The molecule has 94 valence electrons. The Morgan fingerprint density at radius 2 is 2.25 bits per heavy atom. The number of carbonyl (C=O) groups is 1. The van der Waals surface area contributed by atoms with Crippen molar-refractivity contribution in [3.8, 4) is 0 Å². The molecule has 1 rings (SSSR count). The number of hydrogen-bond donors (Lipinski definition) is 1. The van der Waals surface area contributed by atoms with E-state index in [4.69, 9.17) is 15.2 Å². The molecule has 0 spiro atoms. The molecule has 16 heavy (non-hydrogen) atoms. The topological polar surface area (TPSA) is 61.5 Å². The van der Waals surface area contributed by atoms with Crippen LogP contribution in [0.25, 0.3) is 0 Å². The molecule has 0 radical (unpaired) electrons. The quantitative estimate of drug-likeness (QED) is 0.555. The highest BCUT2D eigenvalue weighted by molar-refractivity contribution is 5.80. The van der Waals surface area contributed by atoms with Gasteiger partial charge in [-0.2, -0.15) is 0 Å². The van der Waals surface area contributed by atoms with Gasteiger partial charge in [-0.25, -0.2) is 0 Å². The monoisotopic (exact) mass is 229 g/mol. The molecule has 2 N–H and O–H groups in total. The van der Waals surface area contributed by atoms with E-state index in [-0.39, 0.29) is 12.1 Å². The summed E-state index contributed by atoms with van der Waals surface area (Å²) in [4.78, 5) is 11.5. The van der Waals surface area contributed by atoms with Crippen molar-refractivity contribution in [1.29, 1.82) is 0 Å². The molecule has 4 nitrogen and oxygen atoms in total. The molecular weight excluding hydrogens is 206 g/mol. The van der Waals surface area contributed by atoms with Crippen LogP contribution in [0.5, 0.6) is 0 Å². The van der Waals surface area contributed by atoms with Crippen molar-refractivity contribution in [2.75, 3.05) is 13.7 Å². The number of rotatable bonds is 6. The minimum atomic E-state index is -0.815. The van der Waals surface area contributed by atoms with E-state index in [1.807, 2.05) is 0 Å². The fraction of sp³-hybridized carbons (Fsp3) is 0.917. The van der Waals surface area contributed by atoms with Crippen LogP contribution in [-0.4, -0.2) is 31.3 Å². The summed E-state index contributed by atoms with van der Waals surface area (Å²) in [6.45, 7) is 2.94. The van der Waals surface area contributed by atoms with Gasteiger partial charge in [-0.05, 0) is 19.3 Å². The Hall–Kier alpha value is -0.610. The highest BCUT2D eigenvalue weighted by Gasteiger charge is 2.43. The maximum Gasteiger partial charge on any atom is 0.325 e. The average molecular weight is 229 g/mol. The van der Waals surface area contributed by atoms with Gasteiger partial charge in [-0.1, -0.05) is 19.8 Å². The molecule has 0 aromatic rings. The molecule has 0 aliphatic heterocycles. The van der Waals surface area contributed by atoms with Crippen LogP contribution >= 0.6 is 0 Å². The number of carbonyl (C=O) groups excluding carboxylic acids is 1. The van der Waals surface area contributed by atoms with Crippen LogP contribution in [0.3, 0.4) is 0 Å². The number of unbranched alkanes of at least 4 members (excludes halogenated alkanes) is 2. The van der Waals surface area contributed by atoms with E-state index in [0.29, 0.717) is 12.8 Å². The maximum atomic E-state index is 11.5. The minimum absolute atomic E-state index is 0.126. The Morgan fingerprint density at radius 3 is 2.88 bits per heavy atom. The normalized spacial score (nSPS) is 29.3. The SMILES string of the molecule is CCCCCOC1CCC(N)(C(=O)OC)C1. The second-order valence-electron chi connectivity index (χ2n) is 4.59. The van der Waals surface area contributed by atoms with E-state index in [0.717, 1.165) is 19.4 Å². The summed E-state index contributed by atoms with van der Waals surface area (Å²) in [5, 5.41) is 0. The van der Waals surface area contributed by atoms with Gasteiger partial charge in [-0.15, -0.1) is 0 Å². The third-order valence-electron chi connectivity index (χ3n) is 3.20. The summed E-state index contributed by atoms with van der Waals surface area (Å²) < 4.78 is 10.4. The summed E-state index contributed by atoms with van der Waals surface area (Å²) in [5.74, 6) is -0.313. The van der Waals surface area contributed by atoms with Gasteiger partial charge in [0, 0.05) is 13.0 Å². The zero-order chi connectivity index (χ0) is 12.0. The standard InChI is InChI=1S/C12H23NO3/c1-3-4-5-8-16-10-6-7-12(13,9-10)11(14)15-2/h10H,3-9,13H2,1-2H3. The van der Waals surface area contributed by atoms with Crippen LogP contribution in [0.2, 0.25) is 0 Å². The van der Waals surface area contributed by atoms with E-state index in [1.165, 1.54) is 20.0 Å². The molecule has 1 saturated carbocycles. The molecular formula is C12H23NO3. The largest absolute Gasteiger partial charge is 0.468 e. The van der Waals surface area contributed by atoms with Crippen molar-refractivity contribution >= 4 is 5.97 Å². The first-order valence-electron chi connectivity index (χ1n) is 6.11. The maximum absolute atomic E-state index is 11.5. The first-order valence-corrected chi connectivity index (χ1v) is 6.11. The lowest BCUT2D eigenvalue weighted by molar-refractivity contribution is -0.147. The lowest BCUT2D eigenvalue weighted by Crippen LogP contribution is -2.46. The zero-order valence-corrected chi connectivity index (χ0v) is 10.3. The Balaban J connectivity index is 2.26. The van der Waals surface area contributed by atoms with Gasteiger partial charge in [0.2, 0.25) is 0 Å². The third-order valence-corrected chi connectivity index (χ3v) is 3.20. The Morgan fingerprint density at radius 1 is 1.50 bits per heavy atom. The van der Waals surface area contributed by atoms with Crippen molar-refractivity contribution < 1.29 is 14.3 Å². The number of methoxy groups -OCH3 is 1. The molecule has 4 heteroatoms. The molecule has 1 aliphatic carbocycles. The summed E-state index contributed by atoms with van der Waals surface area (Å²) in [5.41, 5.74) is 5.16. The van der Waals surface area contributed by atoms with Crippen molar-refractivity contribution in [2.24, 2.45) is 5.73 Å². The summed E-state index contributed by atoms with van der Waals surface area (Å²) >= 11 is 0. The van der Waals surface area contributed by atoms with Gasteiger partial charge in [-0.3, -0.25) is 4.79 Å². The minimum Gasteiger partial charge on any atom is -0.468 e. The van der Waals surface area contributed by atoms with E-state index >= 15 is 0 Å². The van der Waals surface area contributed by atoms with Crippen molar-refractivity contribution in [3.05, 3.63) is 0 Å². The summed E-state index contributed by atoms with van der Waals surface area (Å²) in [6.07, 6.45) is 5.71. The van der Waals surface area contributed by atoms with Crippen molar-refractivity contribution in [2.45, 2.75) is 57.1 Å². The summed E-state index contributed by atoms with van der Waals surface area (Å²) in [7, 11) is 1.38. The first kappa shape index (κ1) is 13.5.